The third kappa shape index (κ3) is 3.06. The first-order valence-electron chi connectivity index (χ1n) is 6.22. The molecule has 0 spiro atoms. The molecule has 0 bridgehead atoms. The van der Waals surface area contributed by atoms with Crippen LogP contribution in [0.4, 0.5) is 0 Å². The molecule has 94 valence electrons. The Morgan fingerprint density at radius 1 is 1.24 bits per heavy atom. The monoisotopic (exact) mass is 234 g/mol. The van der Waals surface area contributed by atoms with Crippen LogP contribution in [0, 0.1) is 0 Å². The van der Waals surface area contributed by atoms with Crippen LogP contribution in [-0.2, 0) is 17.8 Å². The Balaban J connectivity index is 2.03. The summed E-state index contributed by atoms with van der Waals surface area (Å²) in [5, 5.41) is 0. The van der Waals surface area contributed by atoms with Crippen LogP contribution >= 0.6 is 0 Å². The molecule has 0 aliphatic carbocycles. The minimum atomic E-state index is 0.130. The van der Waals surface area contributed by atoms with E-state index in [1.807, 2.05) is 0 Å². The van der Waals surface area contributed by atoms with E-state index in [1.54, 1.807) is 0 Å². The van der Waals surface area contributed by atoms with Crippen LogP contribution in [0.1, 0.15) is 25.0 Å². The molecule has 1 aromatic carbocycles. The number of benzene rings is 1. The number of ether oxygens (including phenoxy) is 1. The predicted octanol–water partition coefficient (Wildman–Crippen LogP) is 1.76. The Morgan fingerprint density at radius 2 is 1.88 bits per heavy atom. The van der Waals surface area contributed by atoms with E-state index in [9.17, 15) is 0 Å². The maximum absolute atomic E-state index is 5.60. The summed E-state index contributed by atoms with van der Waals surface area (Å²) in [5.74, 6) is 0. The highest BCUT2D eigenvalue weighted by Crippen LogP contribution is 2.21. The summed E-state index contributed by atoms with van der Waals surface area (Å²) < 4.78 is 5.53. The van der Waals surface area contributed by atoms with Crippen LogP contribution in [0.15, 0.2) is 24.3 Å². The van der Waals surface area contributed by atoms with Gasteiger partial charge in [-0.15, -0.1) is 0 Å². The minimum absolute atomic E-state index is 0.130. The summed E-state index contributed by atoms with van der Waals surface area (Å²) in [6, 6.07) is 8.58. The van der Waals surface area contributed by atoms with Crippen molar-refractivity contribution in [3.05, 3.63) is 35.4 Å². The largest absolute Gasteiger partial charge is 0.378 e. The summed E-state index contributed by atoms with van der Waals surface area (Å²) in [7, 11) is 0. The summed E-state index contributed by atoms with van der Waals surface area (Å²) in [6.45, 7) is 8.73. The Kier molecular flexibility index (Phi) is 3.82. The second-order valence-electron chi connectivity index (χ2n) is 5.31. The second-order valence-corrected chi connectivity index (χ2v) is 5.31. The lowest BCUT2D eigenvalue weighted by atomic mass is 10.0. The number of hydrogen-bond donors (Lipinski definition) is 1. The smallest absolute Gasteiger partial charge is 0.0645 e. The van der Waals surface area contributed by atoms with Gasteiger partial charge in [0, 0.05) is 25.2 Å². The van der Waals surface area contributed by atoms with Crippen molar-refractivity contribution in [3.8, 4) is 0 Å². The molecule has 1 aliphatic rings. The third-order valence-corrected chi connectivity index (χ3v) is 3.45. The average molecular weight is 234 g/mol. The Labute approximate surface area is 104 Å². The van der Waals surface area contributed by atoms with E-state index in [1.165, 1.54) is 11.1 Å². The molecular weight excluding hydrogens is 212 g/mol. The van der Waals surface area contributed by atoms with Crippen LogP contribution in [-0.4, -0.2) is 30.2 Å². The Bertz CT molecular complexity index is 359. The summed E-state index contributed by atoms with van der Waals surface area (Å²) in [5.41, 5.74) is 8.26. The van der Waals surface area contributed by atoms with Crippen LogP contribution in [0.25, 0.3) is 0 Å². The van der Waals surface area contributed by atoms with Gasteiger partial charge in [-0.3, -0.25) is 4.90 Å². The van der Waals surface area contributed by atoms with Crippen molar-refractivity contribution in [3.63, 3.8) is 0 Å². The Hall–Kier alpha value is -0.900. The predicted molar refractivity (Wildman–Crippen MR) is 69.6 cm³/mol. The SMILES string of the molecule is CC1(C)COCCN1Cc1ccc(CN)cc1. The molecule has 0 atom stereocenters. The third-order valence-electron chi connectivity index (χ3n) is 3.45. The van der Waals surface area contributed by atoms with Gasteiger partial charge < -0.3 is 10.5 Å². The lowest BCUT2D eigenvalue weighted by molar-refractivity contribution is -0.0552. The molecule has 0 saturated carbocycles. The molecule has 17 heavy (non-hydrogen) atoms. The van der Waals surface area contributed by atoms with Gasteiger partial charge in [0.1, 0.15) is 0 Å². The second kappa shape index (κ2) is 5.17. The first kappa shape index (κ1) is 12.6. The van der Waals surface area contributed by atoms with Crippen molar-refractivity contribution >= 4 is 0 Å². The van der Waals surface area contributed by atoms with Gasteiger partial charge in [-0.05, 0) is 25.0 Å². The van der Waals surface area contributed by atoms with Gasteiger partial charge in [0.2, 0.25) is 0 Å². The van der Waals surface area contributed by atoms with Crippen molar-refractivity contribution in [1.82, 2.24) is 4.90 Å². The first-order chi connectivity index (χ1) is 8.12. The van der Waals surface area contributed by atoms with Gasteiger partial charge in [-0.25, -0.2) is 0 Å². The van der Waals surface area contributed by atoms with Gasteiger partial charge in [0.05, 0.1) is 13.2 Å². The van der Waals surface area contributed by atoms with E-state index in [2.05, 4.69) is 43.0 Å². The molecule has 1 fully saturated rings. The zero-order valence-corrected chi connectivity index (χ0v) is 10.8. The molecular formula is C14H22N2O. The molecule has 1 aromatic rings. The minimum Gasteiger partial charge on any atom is -0.378 e. The summed E-state index contributed by atoms with van der Waals surface area (Å²) >= 11 is 0. The number of nitrogens with zero attached hydrogens (tertiary/aromatic N) is 1. The molecule has 0 radical (unpaired) electrons. The van der Waals surface area contributed by atoms with Crippen LogP contribution in [0.3, 0.4) is 0 Å². The van der Waals surface area contributed by atoms with Gasteiger partial charge in [-0.2, -0.15) is 0 Å². The van der Waals surface area contributed by atoms with Crippen molar-refractivity contribution in [2.24, 2.45) is 5.73 Å². The van der Waals surface area contributed by atoms with Crippen molar-refractivity contribution < 1.29 is 4.74 Å². The van der Waals surface area contributed by atoms with Crippen molar-refractivity contribution in [1.29, 1.82) is 0 Å². The van der Waals surface area contributed by atoms with Crippen molar-refractivity contribution in [2.45, 2.75) is 32.5 Å². The van der Waals surface area contributed by atoms with E-state index in [0.717, 1.165) is 26.3 Å². The molecule has 1 aliphatic heterocycles. The number of hydrogen-bond acceptors (Lipinski definition) is 3. The quantitative estimate of drug-likeness (QED) is 0.866. The normalized spacial score (nSPS) is 20.4. The molecule has 1 saturated heterocycles. The fourth-order valence-corrected chi connectivity index (χ4v) is 2.18. The number of rotatable bonds is 3. The molecule has 0 amide bonds. The first-order valence-corrected chi connectivity index (χ1v) is 6.22. The fraction of sp³-hybridized carbons (Fsp3) is 0.571. The Morgan fingerprint density at radius 3 is 2.47 bits per heavy atom. The highest BCUT2D eigenvalue weighted by atomic mass is 16.5. The highest BCUT2D eigenvalue weighted by molar-refractivity contribution is 5.22. The zero-order valence-electron chi connectivity index (χ0n) is 10.8. The van der Waals surface area contributed by atoms with Gasteiger partial charge >= 0.3 is 0 Å². The average Bonchev–Trinajstić information content (AvgIpc) is 2.33. The van der Waals surface area contributed by atoms with Crippen LogP contribution < -0.4 is 5.73 Å². The molecule has 3 heteroatoms. The standard InChI is InChI=1S/C14H22N2O/c1-14(2)11-17-8-7-16(14)10-13-5-3-12(9-15)4-6-13/h3-6H,7-11,15H2,1-2H3. The maximum atomic E-state index is 5.60. The van der Waals surface area contributed by atoms with E-state index in [0.29, 0.717) is 6.54 Å². The maximum Gasteiger partial charge on any atom is 0.0645 e. The van der Waals surface area contributed by atoms with Crippen LogP contribution in [0.5, 0.6) is 0 Å². The molecule has 0 unspecified atom stereocenters. The summed E-state index contributed by atoms with van der Waals surface area (Å²) in [6.07, 6.45) is 0. The molecule has 3 nitrogen and oxygen atoms in total. The van der Waals surface area contributed by atoms with E-state index in [4.69, 9.17) is 10.5 Å². The summed E-state index contributed by atoms with van der Waals surface area (Å²) in [4.78, 5) is 2.48. The van der Waals surface area contributed by atoms with Gasteiger partial charge in [-0.1, -0.05) is 24.3 Å². The topological polar surface area (TPSA) is 38.5 Å². The molecule has 2 rings (SSSR count). The number of nitrogens with two attached hydrogens (primary N) is 1. The molecule has 0 aromatic heterocycles. The van der Waals surface area contributed by atoms with E-state index >= 15 is 0 Å². The van der Waals surface area contributed by atoms with Crippen molar-refractivity contribution in [2.75, 3.05) is 19.8 Å². The lowest BCUT2D eigenvalue weighted by Crippen LogP contribution is -2.52. The zero-order chi connectivity index (χ0) is 12.3. The van der Waals surface area contributed by atoms with Gasteiger partial charge in [0.15, 0.2) is 0 Å². The van der Waals surface area contributed by atoms with E-state index < -0.39 is 0 Å². The number of morpholine rings is 1. The lowest BCUT2D eigenvalue weighted by Gasteiger charge is -2.42. The van der Waals surface area contributed by atoms with Crippen LogP contribution in [0.2, 0.25) is 0 Å². The molecule has 2 N–H and O–H groups in total. The van der Waals surface area contributed by atoms with E-state index in [-0.39, 0.29) is 5.54 Å². The molecule has 1 heterocycles. The fourth-order valence-electron chi connectivity index (χ4n) is 2.18. The highest BCUT2D eigenvalue weighted by Gasteiger charge is 2.30. The van der Waals surface area contributed by atoms with Gasteiger partial charge in [0.25, 0.3) is 0 Å².